The highest BCUT2D eigenvalue weighted by Crippen LogP contribution is 2.42. The van der Waals surface area contributed by atoms with Gasteiger partial charge in [-0.15, -0.1) is 0 Å². The highest BCUT2D eigenvalue weighted by Gasteiger charge is 2.17. The van der Waals surface area contributed by atoms with E-state index in [1.54, 1.807) is 0 Å². The number of hydrogen-bond donors (Lipinski definition) is 0. The quantitative estimate of drug-likeness (QED) is 0.283. The van der Waals surface area contributed by atoms with Crippen molar-refractivity contribution in [3.63, 3.8) is 0 Å². The van der Waals surface area contributed by atoms with Gasteiger partial charge in [0, 0.05) is 10.0 Å². The molecular formula is C27H21Br. The maximum Gasteiger partial charge on any atom is 0.0335 e. The fourth-order valence-electron chi connectivity index (χ4n) is 4.27. The predicted octanol–water partition coefficient (Wildman–Crippen LogP) is 8.32. The third-order valence-corrected chi connectivity index (χ3v) is 6.59. The molecule has 0 heterocycles. The van der Waals surface area contributed by atoms with Crippen molar-refractivity contribution in [3.05, 3.63) is 106 Å². The number of aryl methyl sites for hydroxylation is 1. The lowest BCUT2D eigenvalue weighted by molar-refractivity contribution is 1.07. The smallest absolute Gasteiger partial charge is 0.0335 e. The van der Waals surface area contributed by atoms with Crippen molar-refractivity contribution in [2.24, 2.45) is 0 Å². The Hall–Kier alpha value is -2.64. The molecule has 0 saturated heterocycles. The Morgan fingerprint density at radius 1 is 0.607 bits per heavy atom. The number of fused-ring (bicyclic) bond motifs is 3. The van der Waals surface area contributed by atoms with Crippen molar-refractivity contribution in [1.29, 1.82) is 0 Å². The molecular weight excluding hydrogens is 404 g/mol. The minimum Gasteiger partial charge on any atom is -0.0616 e. The van der Waals surface area contributed by atoms with Crippen LogP contribution in [0, 0.1) is 6.92 Å². The van der Waals surface area contributed by atoms with Gasteiger partial charge in [-0.3, -0.25) is 0 Å². The monoisotopic (exact) mass is 424 g/mol. The topological polar surface area (TPSA) is 0 Å². The van der Waals surface area contributed by atoms with Crippen molar-refractivity contribution in [3.8, 4) is 0 Å². The first-order chi connectivity index (χ1) is 13.7. The first-order valence-electron chi connectivity index (χ1n) is 9.78. The third-order valence-electron chi connectivity index (χ3n) is 5.76. The van der Waals surface area contributed by atoms with E-state index >= 15 is 0 Å². The van der Waals surface area contributed by atoms with Crippen LogP contribution in [0.2, 0.25) is 0 Å². The molecule has 0 unspecified atom stereocenters. The van der Waals surface area contributed by atoms with E-state index in [4.69, 9.17) is 0 Å². The Morgan fingerprint density at radius 2 is 1.14 bits per heavy atom. The molecule has 1 aliphatic carbocycles. The van der Waals surface area contributed by atoms with Crippen LogP contribution in [0.15, 0.2) is 89.4 Å². The number of rotatable bonds is 2. The molecule has 1 aliphatic rings. The Morgan fingerprint density at radius 3 is 1.79 bits per heavy atom. The fraction of sp³-hybridized carbons (Fsp3) is 0.111. The average molecular weight is 425 g/mol. The summed E-state index contributed by atoms with van der Waals surface area (Å²) in [4.78, 5) is 0. The SMILES string of the molecule is Cc1ccc(C2=CC=C(c3c(Br)c4ccccc4c4ccccc34)CC2)cc1. The summed E-state index contributed by atoms with van der Waals surface area (Å²) in [6, 6.07) is 26.3. The Bertz CT molecular complexity index is 1260. The standard InChI is InChI=1S/C27H21Br/c1-18-10-12-19(13-11-18)20-14-16-21(17-15-20)26-24-8-4-2-6-22(24)23-7-3-5-9-25(23)27(26)28/h2-14,16H,15,17H2,1H3. The lowest BCUT2D eigenvalue weighted by Gasteiger charge is -2.20. The van der Waals surface area contributed by atoms with Gasteiger partial charge in [0.15, 0.2) is 0 Å². The van der Waals surface area contributed by atoms with E-state index in [9.17, 15) is 0 Å². The number of halogens is 1. The molecule has 0 amide bonds. The van der Waals surface area contributed by atoms with Gasteiger partial charge >= 0.3 is 0 Å². The first-order valence-corrected chi connectivity index (χ1v) is 10.6. The van der Waals surface area contributed by atoms with Crippen LogP contribution in [0.4, 0.5) is 0 Å². The summed E-state index contributed by atoms with van der Waals surface area (Å²) < 4.78 is 1.21. The van der Waals surface area contributed by atoms with Crippen LogP contribution >= 0.6 is 15.9 Å². The normalized spacial score (nSPS) is 14.2. The van der Waals surface area contributed by atoms with E-state index in [0.717, 1.165) is 12.8 Å². The summed E-state index contributed by atoms with van der Waals surface area (Å²) in [6.07, 6.45) is 6.75. The molecule has 0 fully saturated rings. The van der Waals surface area contributed by atoms with Crippen molar-refractivity contribution in [1.82, 2.24) is 0 Å². The predicted molar refractivity (Wildman–Crippen MR) is 126 cm³/mol. The number of hydrogen-bond acceptors (Lipinski definition) is 0. The van der Waals surface area contributed by atoms with E-state index in [1.165, 1.54) is 53.9 Å². The van der Waals surface area contributed by atoms with E-state index in [0.29, 0.717) is 0 Å². The molecule has 0 nitrogen and oxygen atoms in total. The van der Waals surface area contributed by atoms with Crippen molar-refractivity contribution in [2.75, 3.05) is 0 Å². The maximum absolute atomic E-state index is 3.94. The zero-order valence-electron chi connectivity index (χ0n) is 15.9. The van der Waals surface area contributed by atoms with E-state index in [-0.39, 0.29) is 0 Å². The summed E-state index contributed by atoms with van der Waals surface area (Å²) in [6.45, 7) is 2.14. The van der Waals surface area contributed by atoms with E-state index < -0.39 is 0 Å². The molecule has 4 aromatic carbocycles. The fourth-order valence-corrected chi connectivity index (χ4v) is 5.08. The summed E-state index contributed by atoms with van der Waals surface area (Å²) in [5.74, 6) is 0. The summed E-state index contributed by atoms with van der Waals surface area (Å²) in [5, 5.41) is 5.24. The van der Waals surface area contributed by atoms with Gasteiger partial charge < -0.3 is 0 Å². The summed E-state index contributed by atoms with van der Waals surface area (Å²) in [7, 11) is 0. The second-order valence-electron chi connectivity index (χ2n) is 7.53. The maximum atomic E-state index is 3.94. The lowest BCUT2D eigenvalue weighted by atomic mass is 9.86. The number of benzene rings is 4. The van der Waals surface area contributed by atoms with Gasteiger partial charge in [-0.2, -0.15) is 0 Å². The Balaban J connectivity index is 1.69. The molecule has 4 aromatic rings. The summed E-state index contributed by atoms with van der Waals surface area (Å²) in [5.41, 5.74) is 6.81. The highest BCUT2D eigenvalue weighted by molar-refractivity contribution is 9.10. The minimum atomic E-state index is 1.06. The van der Waals surface area contributed by atoms with Crippen LogP contribution in [-0.4, -0.2) is 0 Å². The number of allylic oxidation sites excluding steroid dienone is 4. The van der Waals surface area contributed by atoms with Crippen molar-refractivity contribution >= 4 is 48.6 Å². The largest absolute Gasteiger partial charge is 0.0616 e. The molecule has 0 saturated carbocycles. The molecule has 0 atom stereocenters. The minimum absolute atomic E-state index is 1.06. The van der Waals surface area contributed by atoms with Crippen LogP contribution < -0.4 is 0 Å². The van der Waals surface area contributed by atoms with Crippen molar-refractivity contribution < 1.29 is 0 Å². The molecule has 0 aromatic heterocycles. The molecule has 0 bridgehead atoms. The second-order valence-corrected chi connectivity index (χ2v) is 8.32. The van der Waals surface area contributed by atoms with Gasteiger partial charge in [0.25, 0.3) is 0 Å². The molecule has 0 aliphatic heterocycles. The van der Waals surface area contributed by atoms with Gasteiger partial charge in [0.05, 0.1) is 0 Å². The van der Waals surface area contributed by atoms with Crippen LogP contribution in [-0.2, 0) is 0 Å². The second kappa shape index (κ2) is 7.07. The lowest BCUT2D eigenvalue weighted by Crippen LogP contribution is -1.97. The molecule has 136 valence electrons. The molecule has 28 heavy (non-hydrogen) atoms. The van der Waals surface area contributed by atoms with Crippen LogP contribution in [0.3, 0.4) is 0 Å². The molecule has 0 spiro atoms. The highest BCUT2D eigenvalue weighted by atomic mass is 79.9. The zero-order chi connectivity index (χ0) is 19.1. The van der Waals surface area contributed by atoms with Gasteiger partial charge in [0.2, 0.25) is 0 Å². The molecule has 1 heteroatoms. The van der Waals surface area contributed by atoms with Gasteiger partial charge in [-0.25, -0.2) is 0 Å². The average Bonchev–Trinajstić information content (AvgIpc) is 2.75. The van der Waals surface area contributed by atoms with Gasteiger partial charge in [-0.1, -0.05) is 90.5 Å². The van der Waals surface area contributed by atoms with E-state index in [2.05, 4.69) is 108 Å². The first kappa shape index (κ1) is 17.5. The van der Waals surface area contributed by atoms with Gasteiger partial charge in [-0.05, 0) is 73.9 Å². The van der Waals surface area contributed by atoms with Crippen LogP contribution in [0.5, 0.6) is 0 Å². The molecule has 5 rings (SSSR count). The van der Waals surface area contributed by atoms with Gasteiger partial charge in [0.1, 0.15) is 0 Å². The Kier molecular flexibility index (Phi) is 4.41. The van der Waals surface area contributed by atoms with E-state index in [1.807, 2.05) is 0 Å². The Labute approximate surface area is 174 Å². The summed E-state index contributed by atoms with van der Waals surface area (Å²) >= 11 is 3.94. The van der Waals surface area contributed by atoms with Crippen LogP contribution in [0.25, 0.3) is 32.7 Å². The molecule has 0 N–H and O–H groups in total. The third kappa shape index (κ3) is 2.91. The molecule has 0 radical (unpaired) electrons. The van der Waals surface area contributed by atoms with Crippen LogP contribution in [0.1, 0.15) is 29.5 Å². The zero-order valence-corrected chi connectivity index (χ0v) is 17.5. The van der Waals surface area contributed by atoms with Crippen molar-refractivity contribution in [2.45, 2.75) is 19.8 Å².